The van der Waals surface area contributed by atoms with Crippen molar-refractivity contribution in [2.75, 3.05) is 11.9 Å². The molecule has 0 aliphatic rings. The minimum atomic E-state index is -0.365. The lowest BCUT2D eigenvalue weighted by atomic mass is 10.1. The summed E-state index contributed by atoms with van der Waals surface area (Å²) in [7, 11) is 0. The van der Waals surface area contributed by atoms with E-state index in [1.165, 1.54) is 0 Å². The summed E-state index contributed by atoms with van der Waals surface area (Å²) in [6.07, 6.45) is 0. The third-order valence-corrected chi connectivity index (χ3v) is 6.42. The van der Waals surface area contributed by atoms with Gasteiger partial charge < -0.3 is 15.0 Å². The molecule has 34 heavy (non-hydrogen) atoms. The molecule has 4 rings (SSSR count). The standard InChI is InChI=1S/C25H22Cl2N4O2S/c1-13-10-20-21(11-19(13)26)30-24(29-20)16-4-6-17(7-5-16)28-25(34)31-22(32)12-33-18-8-14(2)23(27)15(3)9-18/h4-11H,12H2,1-3H3,(H,29,30)(H2,28,31,32,34). The lowest BCUT2D eigenvalue weighted by molar-refractivity contribution is -0.121. The number of carbonyl (C=O) groups is 1. The minimum Gasteiger partial charge on any atom is -0.484 e. The summed E-state index contributed by atoms with van der Waals surface area (Å²) in [5.41, 5.74) is 6.14. The Morgan fingerprint density at radius 3 is 2.38 bits per heavy atom. The number of aromatic nitrogens is 2. The minimum absolute atomic E-state index is 0.170. The number of hydrogen-bond donors (Lipinski definition) is 3. The molecule has 3 N–H and O–H groups in total. The highest BCUT2D eigenvalue weighted by Gasteiger charge is 2.10. The van der Waals surface area contributed by atoms with Gasteiger partial charge in [-0.15, -0.1) is 0 Å². The number of halogens is 2. The number of ether oxygens (including phenoxy) is 1. The highest BCUT2D eigenvalue weighted by atomic mass is 35.5. The molecule has 0 atom stereocenters. The van der Waals surface area contributed by atoms with Crippen LogP contribution in [0, 0.1) is 20.8 Å². The van der Waals surface area contributed by atoms with Gasteiger partial charge in [0.05, 0.1) is 11.0 Å². The van der Waals surface area contributed by atoms with Gasteiger partial charge in [-0.2, -0.15) is 0 Å². The third-order valence-electron chi connectivity index (χ3n) is 5.21. The average molecular weight is 513 g/mol. The van der Waals surface area contributed by atoms with Crippen LogP contribution in [0.1, 0.15) is 16.7 Å². The van der Waals surface area contributed by atoms with Crippen LogP contribution in [0.15, 0.2) is 48.5 Å². The van der Waals surface area contributed by atoms with Crippen LogP contribution in [0.4, 0.5) is 5.69 Å². The van der Waals surface area contributed by atoms with Crippen molar-refractivity contribution < 1.29 is 9.53 Å². The predicted octanol–water partition coefficient (Wildman–Crippen LogP) is 6.35. The number of amides is 1. The molecule has 4 aromatic rings. The molecule has 1 heterocycles. The van der Waals surface area contributed by atoms with Gasteiger partial charge in [0.1, 0.15) is 11.6 Å². The zero-order valence-electron chi connectivity index (χ0n) is 18.8. The van der Waals surface area contributed by atoms with Crippen molar-refractivity contribution in [1.29, 1.82) is 0 Å². The predicted molar refractivity (Wildman–Crippen MR) is 142 cm³/mol. The lowest BCUT2D eigenvalue weighted by Gasteiger charge is -2.12. The number of aromatic amines is 1. The smallest absolute Gasteiger partial charge is 0.264 e. The monoisotopic (exact) mass is 512 g/mol. The molecule has 0 radical (unpaired) electrons. The Bertz CT molecular complexity index is 1340. The topological polar surface area (TPSA) is 79.0 Å². The zero-order chi connectivity index (χ0) is 24.4. The Labute approximate surface area is 212 Å². The SMILES string of the molecule is Cc1cc2[nH]c(-c3ccc(NC(=S)NC(=O)COc4cc(C)c(Cl)c(C)c4)cc3)nc2cc1Cl. The molecule has 0 spiro atoms. The Kier molecular flexibility index (Phi) is 7.07. The fourth-order valence-electron chi connectivity index (χ4n) is 3.45. The summed E-state index contributed by atoms with van der Waals surface area (Å²) in [6, 6.07) is 14.9. The first-order valence-corrected chi connectivity index (χ1v) is 11.6. The maximum atomic E-state index is 12.2. The molecule has 3 aromatic carbocycles. The Hall–Kier alpha value is -3.13. The number of carbonyl (C=O) groups excluding carboxylic acids is 1. The van der Waals surface area contributed by atoms with E-state index in [1.807, 2.05) is 57.2 Å². The molecule has 6 nitrogen and oxygen atoms in total. The van der Waals surface area contributed by atoms with Crippen LogP contribution in [0.3, 0.4) is 0 Å². The molecular weight excluding hydrogens is 491 g/mol. The first-order valence-electron chi connectivity index (χ1n) is 10.5. The van der Waals surface area contributed by atoms with Gasteiger partial charge in [-0.05, 0) is 98.2 Å². The highest BCUT2D eigenvalue weighted by molar-refractivity contribution is 7.80. The van der Waals surface area contributed by atoms with E-state index >= 15 is 0 Å². The number of rotatable bonds is 5. The molecule has 0 fully saturated rings. The molecule has 1 amide bonds. The van der Waals surface area contributed by atoms with Gasteiger partial charge in [0, 0.05) is 21.3 Å². The molecule has 0 aliphatic carbocycles. The molecule has 0 unspecified atom stereocenters. The van der Waals surface area contributed by atoms with Gasteiger partial charge in [0.15, 0.2) is 11.7 Å². The number of thiocarbonyl (C=S) groups is 1. The van der Waals surface area contributed by atoms with Crippen LogP contribution in [0.5, 0.6) is 5.75 Å². The van der Waals surface area contributed by atoms with E-state index in [4.69, 9.17) is 40.2 Å². The van der Waals surface area contributed by atoms with Crippen molar-refractivity contribution in [1.82, 2.24) is 15.3 Å². The van der Waals surface area contributed by atoms with Gasteiger partial charge >= 0.3 is 0 Å². The largest absolute Gasteiger partial charge is 0.484 e. The number of hydrogen-bond acceptors (Lipinski definition) is 4. The highest BCUT2D eigenvalue weighted by Crippen LogP contribution is 2.27. The van der Waals surface area contributed by atoms with E-state index in [-0.39, 0.29) is 17.6 Å². The number of H-pyrrole nitrogens is 1. The number of nitrogens with zero attached hydrogens (tertiary/aromatic N) is 1. The van der Waals surface area contributed by atoms with E-state index in [9.17, 15) is 4.79 Å². The molecular formula is C25H22Cl2N4O2S. The number of nitrogens with one attached hydrogen (secondary N) is 3. The molecule has 0 saturated carbocycles. The molecule has 9 heteroatoms. The quantitative estimate of drug-likeness (QED) is 0.271. The Morgan fingerprint density at radius 1 is 1.03 bits per heavy atom. The van der Waals surface area contributed by atoms with Crippen LogP contribution in [0.2, 0.25) is 10.0 Å². The Balaban J connectivity index is 1.33. The van der Waals surface area contributed by atoms with Gasteiger partial charge in [0.2, 0.25) is 0 Å². The van der Waals surface area contributed by atoms with Gasteiger partial charge in [-0.1, -0.05) is 23.2 Å². The summed E-state index contributed by atoms with van der Waals surface area (Å²) in [5, 5.41) is 7.16. The van der Waals surface area contributed by atoms with Crippen molar-refractivity contribution in [2.45, 2.75) is 20.8 Å². The zero-order valence-corrected chi connectivity index (χ0v) is 21.1. The maximum Gasteiger partial charge on any atom is 0.264 e. The van der Waals surface area contributed by atoms with E-state index < -0.39 is 0 Å². The van der Waals surface area contributed by atoms with Crippen molar-refractivity contribution >= 4 is 63.2 Å². The summed E-state index contributed by atoms with van der Waals surface area (Å²) in [5.74, 6) is 0.951. The third kappa shape index (κ3) is 5.50. The first-order chi connectivity index (χ1) is 16.2. The summed E-state index contributed by atoms with van der Waals surface area (Å²) >= 11 is 17.6. The summed E-state index contributed by atoms with van der Waals surface area (Å²) in [6.45, 7) is 5.56. The second-order valence-electron chi connectivity index (χ2n) is 7.94. The Morgan fingerprint density at radius 2 is 1.71 bits per heavy atom. The second-order valence-corrected chi connectivity index (χ2v) is 9.14. The number of aryl methyl sites for hydroxylation is 3. The molecule has 0 aliphatic heterocycles. The van der Waals surface area contributed by atoms with Crippen molar-refractivity contribution in [3.8, 4) is 17.1 Å². The fourth-order valence-corrected chi connectivity index (χ4v) is 3.95. The molecule has 1 aromatic heterocycles. The van der Waals surface area contributed by atoms with Crippen LogP contribution >= 0.6 is 35.4 Å². The fraction of sp³-hybridized carbons (Fsp3) is 0.160. The number of imidazole rings is 1. The summed E-state index contributed by atoms with van der Waals surface area (Å²) in [4.78, 5) is 20.1. The normalized spacial score (nSPS) is 10.9. The number of anilines is 1. The maximum absolute atomic E-state index is 12.2. The van der Waals surface area contributed by atoms with E-state index in [0.29, 0.717) is 15.8 Å². The summed E-state index contributed by atoms with van der Waals surface area (Å²) < 4.78 is 5.56. The number of benzene rings is 3. The van der Waals surface area contributed by atoms with E-state index in [2.05, 4.69) is 20.6 Å². The van der Waals surface area contributed by atoms with Crippen LogP contribution in [-0.4, -0.2) is 27.6 Å². The van der Waals surface area contributed by atoms with Crippen molar-refractivity contribution in [3.63, 3.8) is 0 Å². The van der Waals surface area contributed by atoms with E-state index in [0.717, 1.165) is 44.8 Å². The van der Waals surface area contributed by atoms with Crippen LogP contribution in [0.25, 0.3) is 22.4 Å². The average Bonchev–Trinajstić information content (AvgIpc) is 3.19. The second kappa shape index (κ2) is 10.0. The molecule has 0 saturated heterocycles. The molecule has 0 bridgehead atoms. The van der Waals surface area contributed by atoms with Crippen molar-refractivity contribution in [3.05, 3.63) is 75.3 Å². The van der Waals surface area contributed by atoms with Gasteiger partial charge in [-0.3, -0.25) is 10.1 Å². The van der Waals surface area contributed by atoms with Crippen LogP contribution in [-0.2, 0) is 4.79 Å². The molecule has 174 valence electrons. The van der Waals surface area contributed by atoms with Crippen molar-refractivity contribution in [2.24, 2.45) is 0 Å². The van der Waals surface area contributed by atoms with Crippen LogP contribution < -0.4 is 15.4 Å². The number of fused-ring (bicyclic) bond motifs is 1. The van der Waals surface area contributed by atoms with Gasteiger partial charge in [-0.25, -0.2) is 4.98 Å². The van der Waals surface area contributed by atoms with Gasteiger partial charge in [0.25, 0.3) is 5.91 Å². The first kappa shape index (κ1) is 24.0. The lowest BCUT2D eigenvalue weighted by Crippen LogP contribution is -2.37. The van der Waals surface area contributed by atoms with E-state index in [1.54, 1.807) is 12.1 Å².